The number of halogens is 3. The first-order valence-corrected chi connectivity index (χ1v) is 5.62. The summed E-state index contributed by atoms with van der Waals surface area (Å²) in [4.78, 5) is 0. The van der Waals surface area contributed by atoms with E-state index in [0.29, 0.717) is 5.92 Å². The Morgan fingerprint density at radius 2 is 2.00 bits per heavy atom. The monoisotopic (exact) mass is 276 g/mol. The van der Waals surface area contributed by atoms with E-state index in [1.165, 1.54) is 0 Å². The van der Waals surface area contributed by atoms with Gasteiger partial charge >= 0.3 is 0 Å². The van der Waals surface area contributed by atoms with Crippen LogP contribution in [0.4, 0.5) is 8.78 Å². The first kappa shape index (κ1) is 11.0. The van der Waals surface area contributed by atoms with Crippen LogP contribution in [0, 0.1) is 23.5 Å². The van der Waals surface area contributed by atoms with Crippen LogP contribution in [-0.4, -0.2) is 5.11 Å². The topological polar surface area (TPSA) is 20.2 Å². The molecule has 1 aliphatic carbocycles. The molecule has 2 rings (SSSR count). The Bertz CT molecular complexity index is 394. The van der Waals surface area contributed by atoms with E-state index in [9.17, 15) is 13.9 Å². The molecule has 82 valence electrons. The summed E-state index contributed by atoms with van der Waals surface area (Å²) in [5.41, 5.74) is 0.0602. The molecule has 0 aromatic heterocycles. The van der Waals surface area contributed by atoms with Crippen molar-refractivity contribution >= 4 is 15.9 Å². The van der Waals surface area contributed by atoms with Crippen molar-refractivity contribution in [3.8, 4) is 0 Å². The number of hydrogen-bond donors (Lipinski definition) is 1. The normalized spacial score (nSPS) is 26.5. The summed E-state index contributed by atoms with van der Waals surface area (Å²) in [5, 5.41) is 9.80. The van der Waals surface area contributed by atoms with Gasteiger partial charge in [-0.1, -0.05) is 6.92 Å². The molecule has 4 heteroatoms. The van der Waals surface area contributed by atoms with Gasteiger partial charge in [0.2, 0.25) is 0 Å². The summed E-state index contributed by atoms with van der Waals surface area (Å²) in [6, 6.07) is 2.12. The van der Waals surface area contributed by atoms with Gasteiger partial charge in [-0.2, -0.15) is 0 Å². The lowest BCUT2D eigenvalue weighted by atomic mass is 10.0. The lowest BCUT2D eigenvalue weighted by Gasteiger charge is -2.12. The van der Waals surface area contributed by atoms with E-state index in [0.717, 1.165) is 18.6 Å². The van der Waals surface area contributed by atoms with E-state index in [1.54, 1.807) is 0 Å². The summed E-state index contributed by atoms with van der Waals surface area (Å²) in [6.45, 7) is 1.99. The molecule has 0 bridgehead atoms. The van der Waals surface area contributed by atoms with Crippen LogP contribution in [0.5, 0.6) is 0 Å². The van der Waals surface area contributed by atoms with Crippen molar-refractivity contribution in [2.75, 3.05) is 0 Å². The Kier molecular flexibility index (Phi) is 2.81. The Balaban J connectivity index is 2.31. The summed E-state index contributed by atoms with van der Waals surface area (Å²) >= 11 is 2.90. The Morgan fingerprint density at radius 3 is 2.53 bits per heavy atom. The molecule has 15 heavy (non-hydrogen) atoms. The van der Waals surface area contributed by atoms with E-state index in [-0.39, 0.29) is 16.0 Å². The van der Waals surface area contributed by atoms with Crippen LogP contribution in [0.15, 0.2) is 16.6 Å². The van der Waals surface area contributed by atoms with Crippen LogP contribution in [0.3, 0.4) is 0 Å². The maximum atomic E-state index is 13.4. The predicted molar refractivity (Wildman–Crippen MR) is 56.3 cm³/mol. The van der Waals surface area contributed by atoms with Gasteiger partial charge in [0.15, 0.2) is 0 Å². The zero-order valence-corrected chi connectivity index (χ0v) is 9.76. The maximum absolute atomic E-state index is 13.4. The standard InChI is InChI=1S/C11H11BrF2O/c1-5-2-6(5)11(15)7-3-10(14)8(12)4-9(7)13/h3-6,11,15H,2H2,1H3. The third-order valence-corrected chi connectivity index (χ3v) is 3.54. The van der Waals surface area contributed by atoms with E-state index in [2.05, 4.69) is 15.9 Å². The molecule has 0 aliphatic heterocycles. The number of aliphatic hydroxyl groups excluding tert-OH is 1. The molecular formula is C11H11BrF2O. The van der Waals surface area contributed by atoms with E-state index < -0.39 is 17.7 Å². The number of rotatable bonds is 2. The van der Waals surface area contributed by atoms with Crippen molar-refractivity contribution in [2.45, 2.75) is 19.4 Å². The molecule has 3 unspecified atom stereocenters. The van der Waals surface area contributed by atoms with Crippen molar-refractivity contribution < 1.29 is 13.9 Å². The molecule has 1 fully saturated rings. The van der Waals surface area contributed by atoms with Crippen LogP contribution < -0.4 is 0 Å². The van der Waals surface area contributed by atoms with Gasteiger partial charge in [0, 0.05) is 5.56 Å². The summed E-state index contributed by atoms with van der Waals surface area (Å²) in [7, 11) is 0. The smallest absolute Gasteiger partial charge is 0.137 e. The van der Waals surface area contributed by atoms with Crippen LogP contribution in [0.25, 0.3) is 0 Å². The Hall–Kier alpha value is -0.480. The van der Waals surface area contributed by atoms with Crippen LogP contribution in [-0.2, 0) is 0 Å². The highest BCUT2D eigenvalue weighted by Gasteiger charge is 2.40. The van der Waals surface area contributed by atoms with Crippen molar-refractivity contribution in [2.24, 2.45) is 11.8 Å². The molecular weight excluding hydrogens is 266 g/mol. The molecule has 0 saturated heterocycles. The number of benzene rings is 1. The molecule has 0 spiro atoms. The van der Waals surface area contributed by atoms with Crippen molar-refractivity contribution in [1.29, 1.82) is 0 Å². The summed E-state index contributed by atoms with van der Waals surface area (Å²) in [6.07, 6.45) is -0.0132. The van der Waals surface area contributed by atoms with Gasteiger partial charge < -0.3 is 5.11 Å². The highest BCUT2D eigenvalue weighted by atomic mass is 79.9. The highest BCUT2D eigenvalue weighted by molar-refractivity contribution is 9.10. The molecule has 1 N–H and O–H groups in total. The fraction of sp³-hybridized carbons (Fsp3) is 0.455. The van der Waals surface area contributed by atoms with Crippen LogP contribution in [0.2, 0.25) is 0 Å². The minimum atomic E-state index is -0.886. The van der Waals surface area contributed by atoms with Crippen molar-refractivity contribution in [3.05, 3.63) is 33.8 Å². The molecule has 1 aromatic carbocycles. The lowest BCUT2D eigenvalue weighted by Crippen LogP contribution is -2.05. The average Bonchev–Trinajstić information content (AvgIpc) is 2.88. The Labute approximate surface area is 95.2 Å². The van der Waals surface area contributed by atoms with Gasteiger partial charge in [0.1, 0.15) is 11.6 Å². The number of hydrogen-bond acceptors (Lipinski definition) is 1. The Morgan fingerprint density at radius 1 is 1.40 bits per heavy atom. The van der Waals surface area contributed by atoms with Gasteiger partial charge in [0.25, 0.3) is 0 Å². The quantitative estimate of drug-likeness (QED) is 0.821. The average molecular weight is 277 g/mol. The minimum Gasteiger partial charge on any atom is -0.388 e. The second-order valence-corrected chi connectivity index (χ2v) is 4.96. The van der Waals surface area contributed by atoms with Crippen molar-refractivity contribution in [3.63, 3.8) is 0 Å². The van der Waals surface area contributed by atoms with Gasteiger partial charge in [-0.25, -0.2) is 8.78 Å². The van der Waals surface area contributed by atoms with Crippen LogP contribution in [0.1, 0.15) is 25.0 Å². The molecule has 3 atom stereocenters. The summed E-state index contributed by atoms with van der Waals surface area (Å²) < 4.78 is 26.7. The van der Waals surface area contributed by atoms with E-state index >= 15 is 0 Å². The third-order valence-electron chi connectivity index (χ3n) is 2.94. The van der Waals surface area contributed by atoms with Crippen LogP contribution >= 0.6 is 15.9 Å². The molecule has 0 amide bonds. The largest absolute Gasteiger partial charge is 0.388 e. The lowest BCUT2D eigenvalue weighted by molar-refractivity contribution is 0.143. The van der Waals surface area contributed by atoms with Gasteiger partial charge in [-0.15, -0.1) is 0 Å². The van der Waals surface area contributed by atoms with Gasteiger partial charge in [-0.05, 0) is 46.3 Å². The maximum Gasteiger partial charge on any atom is 0.137 e. The second kappa shape index (κ2) is 3.83. The fourth-order valence-electron chi connectivity index (χ4n) is 1.79. The fourth-order valence-corrected chi connectivity index (χ4v) is 2.10. The zero-order chi connectivity index (χ0) is 11.2. The highest BCUT2D eigenvalue weighted by Crippen LogP contribution is 2.47. The first-order valence-electron chi connectivity index (χ1n) is 4.83. The molecule has 1 saturated carbocycles. The second-order valence-electron chi connectivity index (χ2n) is 4.11. The number of aliphatic hydroxyl groups is 1. The SMILES string of the molecule is CC1CC1C(O)c1cc(F)c(Br)cc1F. The molecule has 0 heterocycles. The van der Waals surface area contributed by atoms with E-state index in [4.69, 9.17) is 0 Å². The third kappa shape index (κ3) is 2.06. The molecule has 1 aliphatic rings. The molecule has 1 aromatic rings. The predicted octanol–water partition coefficient (Wildman–Crippen LogP) is 3.42. The molecule has 0 radical (unpaired) electrons. The van der Waals surface area contributed by atoms with Gasteiger partial charge in [0.05, 0.1) is 10.6 Å². The van der Waals surface area contributed by atoms with Gasteiger partial charge in [-0.3, -0.25) is 0 Å². The summed E-state index contributed by atoms with van der Waals surface area (Å²) in [5.74, 6) is -0.639. The van der Waals surface area contributed by atoms with E-state index in [1.807, 2.05) is 6.92 Å². The first-order chi connectivity index (χ1) is 7.00. The minimum absolute atomic E-state index is 0.0602. The zero-order valence-electron chi connectivity index (χ0n) is 8.17. The molecule has 1 nitrogen and oxygen atoms in total. The van der Waals surface area contributed by atoms with Crippen molar-refractivity contribution in [1.82, 2.24) is 0 Å².